The van der Waals surface area contributed by atoms with E-state index in [9.17, 15) is 0 Å². The number of hydrogen-bond donors (Lipinski definition) is 1. The zero-order valence-corrected chi connectivity index (χ0v) is 12.8. The van der Waals surface area contributed by atoms with E-state index < -0.39 is 0 Å². The van der Waals surface area contributed by atoms with Crippen molar-refractivity contribution in [2.75, 3.05) is 4.90 Å². The molecular weight excluding hydrogens is 264 g/mol. The third-order valence-electron chi connectivity index (χ3n) is 3.99. The monoisotopic (exact) mass is 286 g/mol. The van der Waals surface area contributed by atoms with Crippen LogP contribution in [0.3, 0.4) is 0 Å². The Morgan fingerprint density at radius 3 is 2.55 bits per heavy atom. The van der Waals surface area contributed by atoms with E-state index in [1.165, 1.54) is 29.0 Å². The van der Waals surface area contributed by atoms with Crippen LogP contribution >= 0.6 is 11.3 Å². The summed E-state index contributed by atoms with van der Waals surface area (Å²) in [6.07, 6.45) is 3.63. The number of hydrogen-bond acceptors (Lipinski definition) is 3. The SMILES string of the molecule is CC[C@@H](N)c1ccc(N(Cc2cccs2)C2CC2)cc1. The molecule has 3 heteroatoms. The maximum Gasteiger partial charge on any atom is 0.0525 e. The van der Waals surface area contributed by atoms with E-state index in [0.29, 0.717) is 0 Å². The van der Waals surface area contributed by atoms with E-state index in [1.54, 1.807) is 0 Å². The van der Waals surface area contributed by atoms with Gasteiger partial charge in [0.05, 0.1) is 6.54 Å². The van der Waals surface area contributed by atoms with Crippen LogP contribution in [0.2, 0.25) is 0 Å². The quantitative estimate of drug-likeness (QED) is 0.856. The fraction of sp³-hybridized carbons (Fsp3) is 0.412. The lowest BCUT2D eigenvalue weighted by Gasteiger charge is -2.24. The highest BCUT2D eigenvalue weighted by Crippen LogP contribution is 2.34. The largest absolute Gasteiger partial charge is 0.363 e. The van der Waals surface area contributed by atoms with Crippen LogP contribution in [0.1, 0.15) is 42.7 Å². The van der Waals surface area contributed by atoms with Crippen molar-refractivity contribution in [1.82, 2.24) is 0 Å². The highest BCUT2D eigenvalue weighted by Gasteiger charge is 2.29. The third-order valence-corrected chi connectivity index (χ3v) is 4.85. The first kappa shape index (κ1) is 13.7. The topological polar surface area (TPSA) is 29.3 Å². The van der Waals surface area contributed by atoms with Gasteiger partial charge in [-0.3, -0.25) is 0 Å². The van der Waals surface area contributed by atoms with Crippen LogP contribution in [0.4, 0.5) is 5.69 Å². The summed E-state index contributed by atoms with van der Waals surface area (Å²) >= 11 is 1.84. The number of rotatable bonds is 6. The van der Waals surface area contributed by atoms with Crippen molar-refractivity contribution >= 4 is 17.0 Å². The molecule has 0 unspecified atom stereocenters. The molecule has 0 aliphatic heterocycles. The number of anilines is 1. The van der Waals surface area contributed by atoms with Gasteiger partial charge in [0.1, 0.15) is 0 Å². The second-order valence-corrected chi connectivity index (χ2v) is 6.58. The van der Waals surface area contributed by atoms with Crippen LogP contribution in [0.25, 0.3) is 0 Å². The molecule has 1 atom stereocenters. The summed E-state index contributed by atoms with van der Waals surface area (Å²) in [6, 6.07) is 14.1. The molecule has 20 heavy (non-hydrogen) atoms. The van der Waals surface area contributed by atoms with Gasteiger partial charge in [-0.1, -0.05) is 25.1 Å². The average Bonchev–Trinajstić information content (AvgIpc) is 3.21. The minimum Gasteiger partial charge on any atom is -0.363 e. The van der Waals surface area contributed by atoms with E-state index in [1.807, 2.05) is 11.3 Å². The number of benzene rings is 1. The second-order valence-electron chi connectivity index (χ2n) is 5.54. The molecule has 3 rings (SSSR count). The van der Waals surface area contributed by atoms with Crippen molar-refractivity contribution in [3.63, 3.8) is 0 Å². The van der Waals surface area contributed by atoms with E-state index in [2.05, 4.69) is 53.6 Å². The van der Waals surface area contributed by atoms with E-state index in [-0.39, 0.29) is 6.04 Å². The first-order valence-corrected chi connectivity index (χ1v) is 8.30. The van der Waals surface area contributed by atoms with Gasteiger partial charge in [0.2, 0.25) is 0 Å². The van der Waals surface area contributed by atoms with Gasteiger partial charge in [0, 0.05) is 22.6 Å². The van der Waals surface area contributed by atoms with E-state index >= 15 is 0 Å². The normalized spacial score (nSPS) is 16.1. The molecule has 1 aliphatic rings. The molecule has 1 aromatic carbocycles. The summed E-state index contributed by atoms with van der Waals surface area (Å²) in [6.45, 7) is 3.16. The van der Waals surface area contributed by atoms with Gasteiger partial charge in [0.15, 0.2) is 0 Å². The molecule has 0 radical (unpaired) electrons. The second kappa shape index (κ2) is 5.98. The molecule has 1 aromatic heterocycles. The lowest BCUT2D eigenvalue weighted by molar-refractivity contribution is 0.698. The Bertz CT molecular complexity index is 529. The number of nitrogens with two attached hydrogens (primary N) is 1. The third kappa shape index (κ3) is 3.05. The molecule has 2 nitrogen and oxygen atoms in total. The minimum absolute atomic E-state index is 0.163. The summed E-state index contributed by atoms with van der Waals surface area (Å²) in [5.74, 6) is 0. The van der Waals surface area contributed by atoms with Crippen molar-refractivity contribution in [3.8, 4) is 0 Å². The molecule has 1 saturated carbocycles. The first-order chi connectivity index (χ1) is 9.78. The molecule has 106 valence electrons. The van der Waals surface area contributed by atoms with E-state index in [4.69, 9.17) is 5.73 Å². The maximum absolute atomic E-state index is 6.09. The number of nitrogens with zero attached hydrogens (tertiary/aromatic N) is 1. The van der Waals surface area contributed by atoms with Gasteiger partial charge in [0.25, 0.3) is 0 Å². The summed E-state index contributed by atoms with van der Waals surface area (Å²) in [4.78, 5) is 3.97. The predicted octanol–water partition coefficient (Wildman–Crippen LogP) is 4.33. The molecule has 0 bridgehead atoms. The average molecular weight is 286 g/mol. The molecule has 1 fully saturated rings. The smallest absolute Gasteiger partial charge is 0.0525 e. The fourth-order valence-electron chi connectivity index (χ4n) is 2.54. The summed E-state index contributed by atoms with van der Waals surface area (Å²) in [5, 5.41) is 2.16. The maximum atomic E-state index is 6.09. The highest BCUT2D eigenvalue weighted by molar-refractivity contribution is 7.09. The Morgan fingerprint density at radius 1 is 1.25 bits per heavy atom. The van der Waals surface area contributed by atoms with Gasteiger partial charge < -0.3 is 10.6 Å². The zero-order chi connectivity index (χ0) is 13.9. The summed E-state index contributed by atoms with van der Waals surface area (Å²) in [7, 11) is 0. The van der Waals surface area contributed by atoms with Gasteiger partial charge in [-0.15, -0.1) is 11.3 Å². The van der Waals surface area contributed by atoms with Gasteiger partial charge >= 0.3 is 0 Å². The van der Waals surface area contributed by atoms with Gasteiger partial charge in [-0.05, 0) is 48.4 Å². The van der Waals surface area contributed by atoms with Crippen molar-refractivity contribution in [2.24, 2.45) is 5.73 Å². The molecular formula is C17H22N2S. The molecule has 0 saturated heterocycles. The molecule has 2 aromatic rings. The predicted molar refractivity (Wildman–Crippen MR) is 87.2 cm³/mol. The lowest BCUT2D eigenvalue weighted by atomic mass is 10.0. The number of thiophene rings is 1. The molecule has 1 heterocycles. The molecule has 1 aliphatic carbocycles. The Balaban J connectivity index is 1.77. The Kier molecular flexibility index (Phi) is 4.08. The van der Waals surface area contributed by atoms with Crippen LogP contribution < -0.4 is 10.6 Å². The Hall–Kier alpha value is -1.32. The molecule has 0 spiro atoms. The van der Waals surface area contributed by atoms with Gasteiger partial charge in [-0.25, -0.2) is 0 Å². The summed E-state index contributed by atoms with van der Waals surface area (Å²) in [5.41, 5.74) is 8.66. The fourth-order valence-corrected chi connectivity index (χ4v) is 3.24. The first-order valence-electron chi connectivity index (χ1n) is 7.42. The minimum atomic E-state index is 0.163. The Labute approximate surface area is 125 Å². The molecule has 2 N–H and O–H groups in total. The van der Waals surface area contributed by atoms with E-state index in [0.717, 1.165) is 19.0 Å². The van der Waals surface area contributed by atoms with Crippen LogP contribution in [0.15, 0.2) is 41.8 Å². The lowest BCUT2D eigenvalue weighted by Crippen LogP contribution is -2.24. The van der Waals surface area contributed by atoms with Crippen LogP contribution in [0.5, 0.6) is 0 Å². The van der Waals surface area contributed by atoms with Crippen LogP contribution in [-0.2, 0) is 6.54 Å². The standard InChI is InChI=1S/C17H22N2S/c1-2-17(18)13-5-7-14(8-6-13)19(15-9-10-15)12-16-4-3-11-20-16/h3-8,11,15,17H,2,9-10,12,18H2,1H3/t17-/m1/s1. The van der Waals surface area contributed by atoms with Crippen molar-refractivity contribution in [1.29, 1.82) is 0 Å². The Morgan fingerprint density at radius 2 is 2.00 bits per heavy atom. The van der Waals surface area contributed by atoms with Crippen molar-refractivity contribution in [2.45, 2.75) is 44.8 Å². The molecule has 0 amide bonds. The van der Waals surface area contributed by atoms with Crippen molar-refractivity contribution in [3.05, 3.63) is 52.2 Å². The van der Waals surface area contributed by atoms with Crippen molar-refractivity contribution < 1.29 is 0 Å². The highest BCUT2D eigenvalue weighted by atomic mass is 32.1. The zero-order valence-electron chi connectivity index (χ0n) is 12.0. The van der Waals surface area contributed by atoms with Crippen LogP contribution in [-0.4, -0.2) is 6.04 Å². The van der Waals surface area contributed by atoms with Gasteiger partial charge in [-0.2, -0.15) is 0 Å². The summed E-state index contributed by atoms with van der Waals surface area (Å²) < 4.78 is 0. The van der Waals surface area contributed by atoms with Crippen LogP contribution in [0, 0.1) is 0 Å².